The van der Waals surface area contributed by atoms with Crippen LogP contribution in [0.5, 0.6) is 0 Å². The summed E-state index contributed by atoms with van der Waals surface area (Å²) in [4.78, 5) is 40.3. The number of carbonyl (C=O) groups excluding carboxylic acids is 2. The van der Waals surface area contributed by atoms with Crippen molar-refractivity contribution in [3.05, 3.63) is 85.1 Å². The molecule has 0 saturated heterocycles. The van der Waals surface area contributed by atoms with Crippen molar-refractivity contribution in [1.82, 2.24) is 5.32 Å². The largest absolute Gasteiger partial charge is 0.756 e. The van der Waals surface area contributed by atoms with Crippen molar-refractivity contribution in [3.8, 4) is 0 Å². The highest BCUT2D eigenvalue weighted by atomic mass is 31.2. The minimum Gasteiger partial charge on any atom is -0.756 e. The average Bonchev–Trinajstić information content (AvgIpc) is 3.70. The predicted molar refractivity (Wildman–Crippen MR) is 376 cm³/mol. The van der Waals surface area contributed by atoms with E-state index >= 15 is 0 Å². The van der Waals surface area contributed by atoms with Gasteiger partial charge in [0.15, 0.2) is 0 Å². The van der Waals surface area contributed by atoms with Crippen molar-refractivity contribution in [1.29, 1.82) is 0 Å². The summed E-state index contributed by atoms with van der Waals surface area (Å²) in [5.74, 6) is -0.540. The lowest BCUT2D eigenvalue weighted by Crippen LogP contribution is -2.47. The topological polar surface area (TPSA) is 114 Å². The van der Waals surface area contributed by atoms with Crippen LogP contribution in [0.25, 0.3) is 0 Å². The molecule has 0 aromatic heterocycles. The molecule has 506 valence electrons. The van der Waals surface area contributed by atoms with E-state index in [1.165, 1.54) is 212 Å². The van der Waals surface area contributed by atoms with E-state index in [1.54, 1.807) is 0 Å². The van der Waals surface area contributed by atoms with Gasteiger partial charge < -0.3 is 28.5 Å². The Morgan fingerprint density at radius 2 is 0.701 bits per heavy atom. The quantitative estimate of drug-likeness (QED) is 0.0212. The van der Waals surface area contributed by atoms with Gasteiger partial charge >= 0.3 is 5.97 Å². The van der Waals surface area contributed by atoms with E-state index in [9.17, 15) is 19.0 Å². The summed E-state index contributed by atoms with van der Waals surface area (Å²) in [5, 5.41) is 3.05. The molecule has 3 atom stereocenters. The van der Waals surface area contributed by atoms with Gasteiger partial charge in [0.1, 0.15) is 19.3 Å². The van der Waals surface area contributed by atoms with Crippen LogP contribution in [-0.4, -0.2) is 69.4 Å². The Morgan fingerprint density at radius 3 is 1.07 bits per heavy atom. The fourth-order valence-corrected chi connectivity index (χ4v) is 11.3. The number of carbonyl (C=O) groups is 2. The molecule has 0 bridgehead atoms. The van der Waals surface area contributed by atoms with Crippen LogP contribution in [0, 0.1) is 0 Å². The number of phosphoric acid groups is 1. The molecule has 9 nitrogen and oxygen atoms in total. The third kappa shape index (κ3) is 67.4. The van der Waals surface area contributed by atoms with Gasteiger partial charge in [-0.25, -0.2) is 0 Å². The molecule has 0 aliphatic rings. The molecule has 0 aliphatic carbocycles. The van der Waals surface area contributed by atoms with Crippen molar-refractivity contribution < 1.29 is 37.3 Å². The summed E-state index contributed by atoms with van der Waals surface area (Å²) < 4.78 is 30.5. The Labute approximate surface area is 539 Å². The van der Waals surface area contributed by atoms with Gasteiger partial charge in [0.2, 0.25) is 5.91 Å². The van der Waals surface area contributed by atoms with Crippen LogP contribution in [0.15, 0.2) is 85.1 Å². The maximum Gasteiger partial charge on any atom is 0.306 e. The van der Waals surface area contributed by atoms with Crippen LogP contribution >= 0.6 is 7.82 Å². The molecule has 0 aromatic rings. The van der Waals surface area contributed by atoms with Crippen LogP contribution in [0.3, 0.4) is 0 Å². The Bertz CT molecular complexity index is 1760. The molecule has 0 saturated carbocycles. The molecule has 10 heteroatoms. The molecule has 0 rings (SSSR count). The number of ether oxygens (including phenoxy) is 1. The number of likely N-dealkylation sites (N-methyl/N-ethyl adjacent to an activating group) is 1. The number of hydrogen-bond donors (Lipinski definition) is 1. The molecule has 0 aromatic carbocycles. The number of amides is 1. The number of quaternary nitrogens is 1. The van der Waals surface area contributed by atoms with E-state index in [4.69, 9.17) is 13.8 Å². The summed E-state index contributed by atoms with van der Waals surface area (Å²) >= 11 is 0. The highest BCUT2D eigenvalue weighted by Crippen LogP contribution is 2.38. The lowest BCUT2D eigenvalue weighted by Gasteiger charge is -2.30. The van der Waals surface area contributed by atoms with Crippen molar-refractivity contribution >= 4 is 19.7 Å². The van der Waals surface area contributed by atoms with Gasteiger partial charge in [0, 0.05) is 12.8 Å². The second-order valence-corrected chi connectivity index (χ2v) is 27.5. The number of nitrogens with one attached hydrogen (secondary N) is 1. The zero-order valence-corrected chi connectivity index (χ0v) is 58.9. The molecule has 1 amide bonds. The van der Waals surface area contributed by atoms with Gasteiger partial charge in [-0.1, -0.05) is 305 Å². The first-order valence-electron chi connectivity index (χ1n) is 36.9. The Hall–Kier alpha value is -2.81. The molecular formula is C77H141N2O7P. The standard InChI is InChI=1S/C77H141N2O7P/c1-7-10-13-16-19-22-25-28-30-32-34-36-38-39-41-42-44-46-48-51-54-57-60-63-66-69-76(80)78-74(73-85-87(82,83)84-72-71-79(4,5)6)75(68-65-62-59-56-53-50-27-24-21-18-15-12-9-3)86-77(81)70-67-64-61-58-55-52-49-47-45-43-40-37-35-33-31-29-26-23-20-17-14-11-8-2/h19-20,22-23,28-31,34,36,39,41,65,68,74-75H,7-18,21,24-27,32-33,35,37-38,40,42-64,66-67,69-73H2,1-6H3,(H-,78,80,82,83)/b22-19-,23-20-,30-28-,31-29-,36-34-,41-39-,68-65+. The van der Waals surface area contributed by atoms with Crippen molar-refractivity contribution in [2.45, 2.75) is 354 Å². The number of hydrogen-bond acceptors (Lipinski definition) is 7. The fraction of sp³-hybridized carbons (Fsp3) is 0.792. The maximum absolute atomic E-state index is 13.6. The molecule has 0 radical (unpaired) electrons. The molecule has 87 heavy (non-hydrogen) atoms. The maximum atomic E-state index is 13.6. The normalized spacial score (nSPS) is 14.0. The number of allylic oxidation sites excluding steroid dienone is 13. The first kappa shape index (κ1) is 84.2. The van der Waals surface area contributed by atoms with Gasteiger partial charge in [-0.2, -0.15) is 0 Å². The monoisotopic (exact) mass is 1240 g/mol. The van der Waals surface area contributed by atoms with Crippen molar-refractivity contribution in [2.75, 3.05) is 40.9 Å². The number of phosphoric ester groups is 1. The van der Waals surface area contributed by atoms with E-state index in [0.717, 1.165) is 96.3 Å². The number of rotatable bonds is 67. The highest BCUT2D eigenvalue weighted by molar-refractivity contribution is 7.45. The van der Waals surface area contributed by atoms with Crippen molar-refractivity contribution in [3.63, 3.8) is 0 Å². The molecule has 0 fully saturated rings. The lowest BCUT2D eigenvalue weighted by atomic mass is 10.0. The summed E-state index contributed by atoms with van der Waals surface area (Å²) in [7, 11) is 1.18. The van der Waals surface area contributed by atoms with Crippen molar-refractivity contribution in [2.24, 2.45) is 0 Å². The van der Waals surface area contributed by atoms with E-state index in [0.29, 0.717) is 17.4 Å². The third-order valence-electron chi connectivity index (χ3n) is 16.3. The average molecular weight is 1240 g/mol. The fourth-order valence-electron chi connectivity index (χ4n) is 10.6. The minimum atomic E-state index is -4.71. The van der Waals surface area contributed by atoms with E-state index in [2.05, 4.69) is 99.0 Å². The van der Waals surface area contributed by atoms with Crippen LogP contribution < -0.4 is 10.2 Å². The second-order valence-electron chi connectivity index (χ2n) is 26.1. The molecule has 1 N–H and O–H groups in total. The summed E-state index contributed by atoms with van der Waals surface area (Å²) in [5.41, 5.74) is 0. The third-order valence-corrected chi connectivity index (χ3v) is 17.3. The predicted octanol–water partition coefficient (Wildman–Crippen LogP) is 23.0. The van der Waals surface area contributed by atoms with Crippen LogP contribution in [0.2, 0.25) is 0 Å². The number of unbranched alkanes of at least 4 members (excludes halogenated alkanes) is 39. The Balaban J connectivity index is 5.09. The smallest absolute Gasteiger partial charge is 0.306 e. The molecule has 0 aliphatic heterocycles. The van der Waals surface area contributed by atoms with Gasteiger partial charge in [-0.15, -0.1) is 0 Å². The molecular weight excluding hydrogens is 1100 g/mol. The zero-order valence-electron chi connectivity index (χ0n) is 58.0. The van der Waals surface area contributed by atoms with Crippen LogP contribution in [0.4, 0.5) is 0 Å². The van der Waals surface area contributed by atoms with Crippen LogP contribution in [-0.2, 0) is 27.9 Å². The number of nitrogens with zero attached hydrogens (tertiary/aromatic N) is 1. The molecule has 3 unspecified atom stereocenters. The molecule has 0 spiro atoms. The minimum absolute atomic E-state index is 0.0257. The van der Waals surface area contributed by atoms with Gasteiger partial charge in [-0.05, 0) is 109 Å². The first-order valence-corrected chi connectivity index (χ1v) is 38.4. The zero-order chi connectivity index (χ0) is 63.5. The first-order chi connectivity index (χ1) is 42.4. The lowest BCUT2D eigenvalue weighted by molar-refractivity contribution is -0.870. The summed E-state index contributed by atoms with van der Waals surface area (Å²) in [6.07, 6.45) is 88.4. The number of esters is 1. The summed E-state index contributed by atoms with van der Waals surface area (Å²) in [6, 6.07) is -0.897. The van der Waals surface area contributed by atoms with Gasteiger partial charge in [-0.3, -0.25) is 14.2 Å². The molecule has 0 heterocycles. The van der Waals surface area contributed by atoms with Gasteiger partial charge in [0.25, 0.3) is 7.82 Å². The van der Waals surface area contributed by atoms with Crippen LogP contribution in [0.1, 0.15) is 342 Å². The Morgan fingerprint density at radius 1 is 0.402 bits per heavy atom. The van der Waals surface area contributed by atoms with E-state index < -0.39 is 26.6 Å². The summed E-state index contributed by atoms with van der Waals surface area (Å²) in [6.45, 7) is 6.82. The van der Waals surface area contributed by atoms with E-state index in [-0.39, 0.29) is 24.9 Å². The highest BCUT2D eigenvalue weighted by Gasteiger charge is 2.27. The Kier molecular flexibility index (Phi) is 64.0. The van der Waals surface area contributed by atoms with E-state index in [1.807, 2.05) is 33.3 Å². The SMILES string of the molecule is CCCCC/C=C\C/C=C\C/C=C\C/C=C\CCCCCCCCCCCC(=O)NC(COP(=O)([O-])OCC[N+](C)(C)C)C(/C=C/CCCCCCCCCCCCC)OC(=O)CCCCCCCCCCCCCCC/C=C\C/C=C\CCCCC. The van der Waals surface area contributed by atoms with Gasteiger partial charge in [0.05, 0.1) is 33.8 Å². The second kappa shape index (κ2) is 66.1.